The first kappa shape index (κ1) is 16.1. The third-order valence-electron chi connectivity index (χ3n) is 4.82. The molecule has 0 unspecified atom stereocenters. The molecule has 0 radical (unpaired) electrons. The number of imidazole rings is 1. The van der Waals surface area contributed by atoms with Crippen molar-refractivity contribution in [2.45, 2.75) is 51.7 Å². The summed E-state index contributed by atoms with van der Waals surface area (Å²) < 4.78 is 2.17. The summed E-state index contributed by atoms with van der Waals surface area (Å²) in [6, 6.07) is 10.0. The van der Waals surface area contributed by atoms with E-state index in [9.17, 15) is 0 Å². The minimum absolute atomic E-state index is 0.528. The highest BCUT2D eigenvalue weighted by Crippen LogP contribution is 2.21. The van der Waals surface area contributed by atoms with Crippen LogP contribution in [-0.2, 0) is 6.54 Å². The van der Waals surface area contributed by atoms with Gasteiger partial charge in [-0.25, -0.2) is 4.98 Å². The molecule has 2 aromatic rings. The lowest BCUT2D eigenvalue weighted by Crippen LogP contribution is -2.47. The van der Waals surface area contributed by atoms with Gasteiger partial charge in [0.15, 0.2) is 0 Å². The van der Waals surface area contributed by atoms with E-state index in [-0.39, 0.29) is 0 Å². The first-order valence-electron chi connectivity index (χ1n) is 8.78. The molecular formula is C19H28N4. The van der Waals surface area contributed by atoms with E-state index in [1.165, 1.54) is 24.1 Å². The molecule has 1 aliphatic heterocycles. The summed E-state index contributed by atoms with van der Waals surface area (Å²) >= 11 is 0. The van der Waals surface area contributed by atoms with Crippen LogP contribution in [0.2, 0.25) is 0 Å². The minimum atomic E-state index is 0.528. The standard InChI is InChI=1S/C19H28N4/c1-3-17(14-22-12-9-20-15-22)21-18-7-10-23(11-8-18)19-6-4-5-16(2)13-19/h4-6,9,12-13,15,17-18,21H,3,7-8,10-11,14H2,1-2H3/t17-/m1/s1. The molecule has 23 heavy (non-hydrogen) atoms. The van der Waals surface area contributed by atoms with Gasteiger partial charge in [-0.2, -0.15) is 0 Å². The zero-order valence-corrected chi connectivity index (χ0v) is 14.3. The maximum atomic E-state index is 4.14. The summed E-state index contributed by atoms with van der Waals surface area (Å²) in [7, 11) is 0. The molecule has 0 saturated carbocycles. The third kappa shape index (κ3) is 4.35. The summed E-state index contributed by atoms with van der Waals surface area (Å²) in [6.07, 6.45) is 9.39. The van der Waals surface area contributed by atoms with Crippen LogP contribution in [0, 0.1) is 6.92 Å². The summed E-state index contributed by atoms with van der Waals surface area (Å²) in [5.74, 6) is 0. The fourth-order valence-corrected chi connectivity index (χ4v) is 3.41. The molecule has 1 atom stereocenters. The highest BCUT2D eigenvalue weighted by atomic mass is 15.2. The predicted octanol–water partition coefficient (Wildman–Crippen LogP) is 3.23. The zero-order valence-electron chi connectivity index (χ0n) is 14.3. The van der Waals surface area contributed by atoms with Crippen LogP contribution in [0.1, 0.15) is 31.7 Å². The van der Waals surface area contributed by atoms with Gasteiger partial charge in [0.25, 0.3) is 0 Å². The number of benzene rings is 1. The second-order valence-electron chi connectivity index (χ2n) is 6.63. The Morgan fingerprint density at radius 2 is 2.13 bits per heavy atom. The van der Waals surface area contributed by atoms with Crippen LogP contribution in [0.4, 0.5) is 5.69 Å². The van der Waals surface area contributed by atoms with Crippen molar-refractivity contribution >= 4 is 5.69 Å². The van der Waals surface area contributed by atoms with Gasteiger partial charge in [-0.3, -0.25) is 0 Å². The first-order chi connectivity index (χ1) is 11.2. The Morgan fingerprint density at radius 3 is 2.78 bits per heavy atom. The molecule has 1 saturated heterocycles. The fraction of sp³-hybridized carbons (Fsp3) is 0.526. The van der Waals surface area contributed by atoms with Crippen molar-refractivity contribution in [2.75, 3.05) is 18.0 Å². The minimum Gasteiger partial charge on any atom is -0.371 e. The molecule has 0 amide bonds. The molecule has 1 aromatic heterocycles. The van der Waals surface area contributed by atoms with Crippen LogP contribution in [0.15, 0.2) is 43.0 Å². The Kier molecular flexibility index (Phi) is 5.34. The van der Waals surface area contributed by atoms with E-state index in [1.54, 1.807) is 0 Å². The second-order valence-corrected chi connectivity index (χ2v) is 6.63. The smallest absolute Gasteiger partial charge is 0.0946 e. The normalized spacial score (nSPS) is 17.4. The molecule has 4 nitrogen and oxygen atoms in total. The summed E-state index contributed by atoms with van der Waals surface area (Å²) in [5.41, 5.74) is 2.71. The molecule has 3 rings (SSSR count). The lowest BCUT2D eigenvalue weighted by Gasteiger charge is -2.36. The van der Waals surface area contributed by atoms with Gasteiger partial charge in [-0.05, 0) is 43.9 Å². The third-order valence-corrected chi connectivity index (χ3v) is 4.82. The van der Waals surface area contributed by atoms with Crippen LogP contribution in [0.25, 0.3) is 0 Å². The molecule has 4 heteroatoms. The molecule has 1 fully saturated rings. The Hall–Kier alpha value is -1.81. The number of aryl methyl sites for hydroxylation is 1. The Balaban J connectivity index is 1.50. The van der Waals surface area contributed by atoms with Crippen LogP contribution in [0.5, 0.6) is 0 Å². The van der Waals surface area contributed by atoms with Crippen molar-refractivity contribution in [3.63, 3.8) is 0 Å². The van der Waals surface area contributed by atoms with Crippen LogP contribution in [0.3, 0.4) is 0 Å². The molecule has 1 aliphatic rings. The summed E-state index contributed by atoms with van der Waals surface area (Å²) in [4.78, 5) is 6.65. The average molecular weight is 312 g/mol. The Morgan fingerprint density at radius 1 is 1.30 bits per heavy atom. The number of rotatable bonds is 6. The Bertz CT molecular complexity index is 585. The van der Waals surface area contributed by atoms with Gasteiger partial charge >= 0.3 is 0 Å². The van der Waals surface area contributed by atoms with E-state index in [4.69, 9.17) is 0 Å². The number of nitrogens with zero attached hydrogens (tertiary/aromatic N) is 3. The predicted molar refractivity (Wildman–Crippen MR) is 95.9 cm³/mol. The zero-order chi connectivity index (χ0) is 16.1. The summed E-state index contributed by atoms with van der Waals surface area (Å²) in [5, 5.41) is 3.85. The molecule has 0 spiro atoms. The van der Waals surface area contributed by atoms with Crippen molar-refractivity contribution in [3.05, 3.63) is 48.5 Å². The van der Waals surface area contributed by atoms with Crippen molar-refractivity contribution in [3.8, 4) is 0 Å². The Labute approximate surface area is 139 Å². The average Bonchev–Trinajstić information content (AvgIpc) is 3.08. The largest absolute Gasteiger partial charge is 0.371 e. The van der Waals surface area contributed by atoms with Gasteiger partial charge in [0.2, 0.25) is 0 Å². The lowest BCUT2D eigenvalue weighted by atomic mass is 10.0. The molecule has 2 heterocycles. The number of piperidine rings is 1. The second kappa shape index (κ2) is 7.64. The highest BCUT2D eigenvalue weighted by molar-refractivity contribution is 5.48. The monoisotopic (exact) mass is 312 g/mol. The lowest BCUT2D eigenvalue weighted by molar-refractivity contribution is 0.336. The van der Waals surface area contributed by atoms with Crippen molar-refractivity contribution in [2.24, 2.45) is 0 Å². The van der Waals surface area contributed by atoms with E-state index in [0.29, 0.717) is 12.1 Å². The number of anilines is 1. The van der Waals surface area contributed by atoms with Crippen molar-refractivity contribution in [1.29, 1.82) is 0 Å². The van der Waals surface area contributed by atoms with Crippen LogP contribution in [-0.4, -0.2) is 34.7 Å². The van der Waals surface area contributed by atoms with E-state index >= 15 is 0 Å². The number of nitrogens with one attached hydrogen (secondary N) is 1. The molecule has 0 aliphatic carbocycles. The van der Waals surface area contributed by atoms with E-state index < -0.39 is 0 Å². The van der Waals surface area contributed by atoms with Gasteiger partial charge in [0.1, 0.15) is 0 Å². The molecule has 0 bridgehead atoms. The van der Waals surface area contributed by atoms with Gasteiger partial charge in [-0.15, -0.1) is 0 Å². The molecule has 124 valence electrons. The first-order valence-corrected chi connectivity index (χ1v) is 8.78. The molecule has 1 aromatic carbocycles. The number of hydrogen-bond acceptors (Lipinski definition) is 3. The van der Waals surface area contributed by atoms with Gasteiger partial charge in [0, 0.05) is 49.8 Å². The maximum Gasteiger partial charge on any atom is 0.0946 e. The molecular weight excluding hydrogens is 284 g/mol. The van der Waals surface area contributed by atoms with Crippen molar-refractivity contribution in [1.82, 2.24) is 14.9 Å². The van der Waals surface area contributed by atoms with E-state index in [0.717, 1.165) is 26.1 Å². The molecule has 1 N–H and O–H groups in total. The topological polar surface area (TPSA) is 33.1 Å². The van der Waals surface area contributed by atoms with Crippen LogP contribution < -0.4 is 10.2 Å². The fourth-order valence-electron chi connectivity index (χ4n) is 3.41. The number of aromatic nitrogens is 2. The maximum absolute atomic E-state index is 4.14. The van der Waals surface area contributed by atoms with Crippen LogP contribution >= 0.6 is 0 Å². The van der Waals surface area contributed by atoms with Gasteiger partial charge < -0.3 is 14.8 Å². The highest BCUT2D eigenvalue weighted by Gasteiger charge is 2.21. The van der Waals surface area contributed by atoms with Gasteiger partial charge in [-0.1, -0.05) is 19.1 Å². The quantitative estimate of drug-likeness (QED) is 0.889. The SMILES string of the molecule is CC[C@H](Cn1ccnc1)NC1CCN(c2cccc(C)c2)CC1. The van der Waals surface area contributed by atoms with E-state index in [2.05, 4.69) is 57.9 Å². The van der Waals surface area contributed by atoms with Crippen molar-refractivity contribution < 1.29 is 0 Å². The number of hydrogen-bond donors (Lipinski definition) is 1. The van der Waals surface area contributed by atoms with Gasteiger partial charge in [0.05, 0.1) is 6.33 Å². The van der Waals surface area contributed by atoms with E-state index in [1.807, 2.05) is 18.7 Å². The summed E-state index contributed by atoms with van der Waals surface area (Å²) in [6.45, 7) is 7.72.